The molecule has 0 spiro atoms. The molecular formula is C48H31N3S. The first kappa shape index (κ1) is 30.2. The summed E-state index contributed by atoms with van der Waals surface area (Å²) in [4.78, 5) is 11.6. The minimum absolute atomic E-state index is 0.698. The molecule has 0 amide bonds. The molecule has 52 heavy (non-hydrogen) atoms. The van der Waals surface area contributed by atoms with E-state index in [9.17, 15) is 0 Å². The average Bonchev–Trinajstić information content (AvgIpc) is 3.78. The van der Waals surface area contributed by atoms with Crippen molar-refractivity contribution in [2.75, 3.05) is 0 Å². The molecule has 10 aromatic rings. The Morgan fingerprint density at radius 1 is 0.404 bits per heavy atom. The number of hydrogen-bond acceptors (Lipinski definition) is 3. The summed E-state index contributed by atoms with van der Waals surface area (Å²) in [6.45, 7) is 0. The standard InChI is InChI=1S/C48H31N3S/c1-5-16-32(17-6-1)40-31-41(33-18-7-2-8-19-33)50-48(49-40)36-24-15-25-37(30-36)51-42-27-14-13-26-38(42)45-43(51)29-28-39-44(34-20-9-3-10-21-34)46(52-47(39)45)35-22-11-4-12-23-35/h1-31H. The molecule has 0 saturated carbocycles. The topological polar surface area (TPSA) is 30.7 Å². The fourth-order valence-corrected chi connectivity index (χ4v) is 8.83. The third-order valence-corrected chi connectivity index (χ3v) is 11.1. The highest BCUT2D eigenvalue weighted by Gasteiger charge is 2.22. The number of hydrogen-bond donors (Lipinski definition) is 0. The predicted molar refractivity (Wildman–Crippen MR) is 219 cm³/mol. The molecule has 4 heteroatoms. The molecule has 7 aromatic carbocycles. The maximum Gasteiger partial charge on any atom is 0.160 e. The van der Waals surface area contributed by atoms with Gasteiger partial charge in [0.1, 0.15) is 0 Å². The van der Waals surface area contributed by atoms with Gasteiger partial charge in [-0.3, -0.25) is 0 Å². The van der Waals surface area contributed by atoms with E-state index in [4.69, 9.17) is 9.97 Å². The zero-order valence-corrected chi connectivity index (χ0v) is 29.0. The van der Waals surface area contributed by atoms with Crippen LogP contribution in [0.15, 0.2) is 188 Å². The van der Waals surface area contributed by atoms with Crippen molar-refractivity contribution >= 4 is 43.2 Å². The quantitative estimate of drug-likeness (QED) is 0.175. The van der Waals surface area contributed by atoms with E-state index in [1.165, 1.54) is 53.5 Å². The van der Waals surface area contributed by atoms with E-state index < -0.39 is 0 Å². The second-order valence-corrected chi connectivity index (χ2v) is 14.0. The minimum Gasteiger partial charge on any atom is -0.309 e. The van der Waals surface area contributed by atoms with Gasteiger partial charge in [-0.15, -0.1) is 11.3 Å². The van der Waals surface area contributed by atoms with E-state index in [-0.39, 0.29) is 0 Å². The highest BCUT2D eigenvalue weighted by Crippen LogP contribution is 2.49. The number of nitrogens with zero attached hydrogens (tertiary/aromatic N) is 3. The van der Waals surface area contributed by atoms with Crippen LogP contribution < -0.4 is 0 Å². The summed E-state index contributed by atoms with van der Waals surface area (Å²) in [7, 11) is 0. The Morgan fingerprint density at radius 2 is 0.962 bits per heavy atom. The van der Waals surface area contributed by atoms with Crippen molar-refractivity contribution in [3.63, 3.8) is 0 Å². The maximum absolute atomic E-state index is 5.14. The fourth-order valence-electron chi connectivity index (χ4n) is 7.44. The number of para-hydroxylation sites is 1. The number of benzene rings is 7. The highest BCUT2D eigenvalue weighted by molar-refractivity contribution is 7.24. The van der Waals surface area contributed by atoms with Crippen LogP contribution in [-0.4, -0.2) is 14.5 Å². The molecule has 0 saturated heterocycles. The highest BCUT2D eigenvalue weighted by atomic mass is 32.1. The van der Waals surface area contributed by atoms with Crippen molar-refractivity contribution in [2.45, 2.75) is 0 Å². The van der Waals surface area contributed by atoms with Crippen molar-refractivity contribution in [3.8, 4) is 61.2 Å². The lowest BCUT2D eigenvalue weighted by Gasteiger charge is -2.12. The first-order chi connectivity index (χ1) is 25.8. The van der Waals surface area contributed by atoms with E-state index in [2.05, 4.69) is 180 Å². The number of rotatable bonds is 6. The lowest BCUT2D eigenvalue weighted by molar-refractivity contribution is 1.16. The fraction of sp³-hybridized carbons (Fsp3) is 0. The van der Waals surface area contributed by atoms with Crippen molar-refractivity contribution in [3.05, 3.63) is 188 Å². The van der Waals surface area contributed by atoms with Crippen LogP contribution in [0.25, 0.3) is 93.0 Å². The van der Waals surface area contributed by atoms with Crippen LogP contribution in [0.4, 0.5) is 0 Å². The smallest absolute Gasteiger partial charge is 0.160 e. The summed E-state index contributed by atoms with van der Waals surface area (Å²) in [5.41, 5.74) is 12.1. The van der Waals surface area contributed by atoms with E-state index in [1.54, 1.807) is 0 Å². The van der Waals surface area contributed by atoms with Crippen molar-refractivity contribution in [2.24, 2.45) is 0 Å². The molecule has 3 aromatic heterocycles. The number of thiophene rings is 1. The summed E-state index contributed by atoms with van der Waals surface area (Å²) in [6, 6.07) is 66.5. The normalized spacial score (nSPS) is 11.5. The van der Waals surface area contributed by atoms with Gasteiger partial charge in [0.25, 0.3) is 0 Å². The Kier molecular flexibility index (Phi) is 7.33. The summed E-state index contributed by atoms with van der Waals surface area (Å²) < 4.78 is 3.70. The molecule has 3 nitrogen and oxygen atoms in total. The van der Waals surface area contributed by atoms with Crippen LogP contribution in [0.3, 0.4) is 0 Å². The van der Waals surface area contributed by atoms with Crippen LogP contribution in [0.1, 0.15) is 0 Å². The Hall–Kier alpha value is -6.62. The SMILES string of the molecule is c1ccc(-c2cc(-c3ccccc3)nc(-c3cccc(-n4c5ccccc5c5c6sc(-c7ccccc7)c(-c7ccccc7)c6ccc54)c3)n2)cc1. The van der Waals surface area contributed by atoms with E-state index >= 15 is 0 Å². The zero-order chi connectivity index (χ0) is 34.4. The van der Waals surface area contributed by atoms with Gasteiger partial charge >= 0.3 is 0 Å². The lowest BCUT2D eigenvalue weighted by Crippen LogP contribution is -1.98. The largest absolute Gasteiger partial charge is 0.309 e. The van der Waals surface area contributed by atoms with Gasteiger partial charge in [-0.05, 0) is 41.5 Å². The molecule has 0 aliphatic heterocycles. The molecule has 0 fully saturated rings. The maximum atomic E-state index is 5.14. The molecule has 0 atom stereocenters. The van der Waals surface area contributed by atoms with Crippen molar-refractivity contribution in [1.82, 2.24) is 14.5 Å². The molecule has 0 unspecified atom stereocenters. The van der Waals surface area contributed by atoms with Gasteiger partial charge in [-0.25, -0.2) is 9.97 Å². The zero-order valence-electron chi connectivity index (χ0n) is 28.1. The van der Waals surface area contributed by atoms with Gasteiger partial charge < -0.3 is 4.57 Å². The van der Waals surface area contributed by atoms with Gasteiger partial charge in [-0.2, -0.15) is 0 Å². The molecule has 0 aliphatic rings. The lowest BCUT2D eigenvalue weighted by atomic mass is 9.98. The number of aromatic nitrogens is 3. The second kappa shape index (κ2) is 12.6. The Balaban J connectivity index is 1.20. The predicted octanol–water partition coefficient (Wildman–Crippen LogP) is 13.1. The summed E-state index contributed by atoms with van der Waals surface area (Å²) in [5.74, 6) is 0.698. The summed E-state index contributed by atoms with van der Waals surface area (Å²) in [6.07, 6.45) is 0. The third kappa shape index (κ3) is 5.12. The molecular weight excluding hydrogens is 651 g/mol. The van der Waals surface area contributed by atoms with Gasteiger partial charge in [-0.1, -0.05) is 158 Å². The van der Waals surface area contributed by atoms with Crippen LogP contribution in [0.2, 0.25) is 0 Å². The van der Waals surface area contributed by atoms with Crippen LogP contribution in [0.5, 0.6) is 0 Å². The monoisotopic (exact) mass is 681 g/mol. The van der Waals surface area contributed by atoms with Gasteiger partial charge in [0.2, 0.25) is 0 Å². The third-order valence-electron chi connectivity index (χ3n) is 9.82. The average molecular weight is 682 g/mol. The summed E-state index contributed by atoms with van der Waals surface area (Å²) >= 11 is 1.89. The molecule has 0 aliphatic carbocycles. The Morgan fingerprint density at radius 3 is 1.62 bits per heavy atom. The van der Waals surface area contributed by atoms with Gasteiger partial charge in [0.05, 0.1) is 22.4 Å². The van der Waals surface area contributed by atoms with Crippen molar-refractivity contribution in [1.29, 1.82) is 0 Å². The molecule has 0 bridgehead atoms. The summed E-state index contributed by atoms with van der Waals surface area (Å²) in [5, 5.41) is 3.79. The van der Waals surface area contributed by atoms with Gasteiger partial charge in [0.15, 0.2) is 5.82 Å². The second-order valence-electron chi connectivity index (χ2n) is 13.0. The Labute approximate surface area is 305 Å². The van der Waals surface area contributed by atoms with E-state index in [0.29, 0.717) is 5.82 Å². The molecule has 10 rings (SSSR count). The molecule has 0 radical (unpaired) electrons. The van der Waals surface area contributed by atoms with Crippen LogP contribution in [0, 0.1) is 0 Å². The molecule has 244 valence electrons. The Bertz CT molecular complexity index is 2820. The van der Waals surface area contributed by atoms with Crippen LogP contribution >= 0.6 is 11.3 Å². The molecule has 0 N–H and O–H groups in total. The minimum atomic E-state index is 0.698. The first-order valence-corrected chi connectivity index (χ1v) is 18.3. The van der Waals surface area contributed by atoms with Crippen molar-refractivity contribution < 1.29 is 0 Å². The number of fused-ring (bicyclic) bond motifs is 5. The van der Waals surface area contributed by atoms with Gasteiger partial charge in [0, 0.05) is 53.7 Å². The first-order valence-electron chi connectivity index (χ1n) is 17.5. The van der Waals surface area contributed by atoms with E-state index in [0.717, 1.165) is 33.8 Å². The van der Waals surface area contributed by atoms with Crippen LogP contribution in [-0.2, 0) is 0 Å². The van der Waals surface area contributed by atoms with E-state index in [1.807, 2.05) is 23.5 Å². The molecule has 3 heterocycles.